The Hall–Kier alpha value is -3.77. The molecule has 0 saturated carbocycles. The summed E-state index contributed by atoms with van der Waals surface area (Å²) in [7, 11) is 2.55. The lowest BCUT2D eigenvalue weighted by molar-refractivity contribution is -0.141. The molecule has 192 valence electrons. The second kappa shape index (κ2) is 10.9. The van der Waals surface area contributed by atoms with E-state index in [1.54, 1.807) is 18.3 Å². The molecule has 0 aliphatic carbocycles. The Kier molecular flexibility index (Phi) is 7.65. The van der Waals surface area contributed by atoms with E-state index in [4.69, 9.17) is 28.4 Å². The molecule has 1 fully saturated rings. The average Bonchev–Trinajstić information content (AvgIpc) is 3.23. The highest BCUT2D eigenvalue weighted by atomic mass is 19.1. The average molecular weight is 504 g/mol. The Bertz CT molecular complexity index is 1150. The Labute approximate surface area is 206 Å². The smallest absolute Gasteiger partial charge is 0.227 e. The number of hydrogen-bond donors (Lipinski definition) is 1. The predicted octanol–water partition coefficient (Wildman–Crippen LogP) is 4.02. The predicted molar refractivity (Wildman–Crippen MR) is 124 cm³/mol. The van der Waals surface area contributed by atoms with Gasteiger partial charge in [-0.05, 0) is 19.9 Å². The number of halogens is 2. The van der Waals surface area contributed by atoms with Gasteiger partial charge in [0.2, 0.25) is 11.8 Å². The molecule has 0 radical (unpaired) electrons. The summed E-state index contributed by atoms with van der Waals surface area (Å²) in [6, 6.07) is 4.59. The minimum atomic E-state index is -0.872. The molecule has 1 aliphatic heterocycles. The SMILES string of the molecule is COc1cc(OC)c(F)c(COc2cnc(Nc3ccc(OCC4COC(C)(C)O4)nc3)nc2)c1F. The molecule has 1 aliphatic rings. The third kappa shape index (κ3) is 6.07. The molecule has 3 aromatic rings. The molecule has 2 aromatic heterocycles. The van der Waals surface area contributed by atoms with Crippen LogP contribution in [-0.4, -0.2) is 54.3 Å². The van der Waals surface area contributed by atoms with Crippen molar-refractivity contribution in [2.45, 2.75) is 32.3 Å². The number of ether oxygens (including phenoxy) is 6. The molecular formula is C24H26F2N4O6. The number of methoxy groups -OCH3 is 2. The van der Waals surface area contributed by atoms with Crippen LogP contribution in [0.3, 0.4) is 0 Å². The standard InChI is InChI=1S/C24H26F2N4O6/c1-24(2)35-12-16(36-24)11-34-20-6-5-14(8-27-20)30-23-28-9-15(10-29-23)33-13-17-21(25)18(31-3)7-19(32-4)22(17)26/h5-10,16H,11-13H2,1-4H3,(H,28,29,30). The van der Waals surface area contributed by atoms with E-state index in [0.717, 1.165) is 6.07 Å². The molecule has 4 rings (SSSR count). The second-order valence-electron chi connectivity index (χ2n) is 8.19. The lowest BCUT2D eigenvalue weighted by atomic mass is 10.1. The van der Waals surface area contributed by atoms with Crippen LogP contribution in [0.15, 0.2) is 36.8 Å². The fraction of sp³-hybridized carbons (Fsp3) is 0.375. The van der Waals surface area contributed by atoms with Crippen LogP contribution in [0.2, 0.25) is 0 Å². The van der Waals surface area contributed by atoms with Gasteiger partial charge in [-0.2, -0.15) is 0 Å². The summed E-state index contributed by atoms with van der Waals surface area (Å²) in [6.45, 7) is 4.07. The van der Waals surface area contributed by atoms with Crippen LogP contribution in [0.1, 0.15) is 19.4 Å². The van der Waals surface area contributed by atoms with Gasteiger partial charge in [-0.15, -0.1) is 0 Å². The first-order valence-corrected chi connectivity index (χ1v) is 11.0. The molecule has 0 spiro atoms. The van der Waals surface area contributed by atoms with Crippen molar-refractivity contribution in [1.82, 2.24) is 15.0 Å². The zero-order valence-electron chi connectivity index (χ0n) is 20.2. The Morgan fingerprint density at radius 1 is 1.00 bits per heavy atom. The minimum Gasteiger partial charge on any atom is -0.494 e. The monoisotopic (exact) mass is 504 g/mol. The summed E-state index contributed by atoms with van der Waals surface area (Å²) < 4.78 is 61.1. The Morgan fingerprint density at radius 2 is 1.69 bits per heavy atom. The highest BCUT2D eigenvalue weighted by Crippen LogP contribution is 2.32. The van der Waals surface area contributed by atoms with Gasteiger partial charge in [0.25, 0.3) is 0 Å². The zero-order valence-corrected chi connectivity index (χ0v) is 20.2. The number of nitrogens with one attached hydrogen (secondary N) is 1. The van der Waals surface area contributed by atoms with E-state index in [1.807, 2.05) is 13.8 Å². The first kappa shape index (κ1) is 25.3. The zero-order chi connectivity index (χ0) is 25.7. The van der Waals surface area contributed by atoms with Crippen LogP contribution >= 0.6 is 0 Å². The molecule has 0 bridgehead atoms. The highest BCUT2D eigenvalue weighted by molar-refractivity contribution is 5.52. The van der Waals surface area contributed by atoms with Gasteiger partial charge in [-0.3, -0.25) is 0 Å². The van der Waals surface area contributed by atoms with E-state index in [1.165, 1.54) is 26.6 Å². The minimum absolute atomic E-state index is 0.155. The summed E-state index contributed by atoms with van der Waals surface area (Å²) in [4.78, 5) is 12.5. The molecular weight excluding hydrogens is 478 g/mol. The Morgan fingerprint density at radius 3 is 2.25 bits per heavy atom. The first-order chi connectivity index (χ1) is 17.3. The van der Waals surface area contributed by atoms with E-state index < -0.39 is 24.0 Å². The molecule has 1 unspecified atom stereocenters. The molecule has 12 heteroatoms. The number of rotatable bonds is 10. The maximum Gasteiger partial charge on any atom is 0.227 e. The van der Waals surface area contributed by atoms with Gasteiger partial charge >= 0.3 is 0 Å². The first-order valence-electron chi connectivity index (χ1n) is 11.0. The summed E-state index contributed by atoms with van der Waals surface area (Å²) in [6.07, 6.45) is 4.16. The van der Waals surface area contributed by atoms with Crippen molar-refractivity contribution in [3.8, 4) is 23.1 Å². The quantitative estimate of drug-likeness (QED) is 0.435. The molecule has 36 heavy (non-hydrogen) atoms. The van der Waals surface area contributed by atoms with Gasteiger partial charge in [0.1, 0.15) is 19.3 Å². The molecule has 1 saturated heterocycles. The molecule has 10 nitrogen and oxygen atoms in total. The van der Waals surface area contributed by atoms with Crippen LogP contribution in [0.4, 0.5) is 20.4 Å². The van der Waals surface area contributed by atoms with Crippen molar-refractivity contribution >= 4 is 11.6 Å². The number of pyridine rings is 1. The fourth-order valence-corrected chi connectivity index (χ4v) is 3.37. The van der Waals surface area contributed by atoms with E-state index >= 15 is 0 Å². The highest BCUT2D eigenvalue weighted by Gasteiger charge is 2.33. The largest absolute Gasteiger partial charge is 0.494 e. The molecule has 1 atom stereocenters. The van der Waals surface area contributed by atoms with Crippen LogP contribution in [-0.2, 0) is 16.1 Å². The second-order valence-corrected chi connectivity index (χ2v) is 8.19. The van der Waals surface area contributed by atoms with Crippen molar-refractivity contribution in [2.75, 3.05) is 32.8 Å². The van der Waals surface area contributed by atoms with Gasteiger partial charge in [0.05, 0.1) is 50.7 Å². The lowest BCUT2D eigenvalue weighted by Gasteiger charge is -2.17. The number of benzene rings is 1. The molecule has 3 heterocycles. The van der Waals surface area contributed by atoms with Gasteiger partial charge in [0, 0.05) is 12.1 Å². The van der Waals surface area contributed by atoms with Gasteiger partial charge in [0.15, 0.2) is 34.7 Å². The fourth-order valence-electron chi connectivity index (χ4n) is 3.37. The number of hydrogen-bond acceptors (Lipinski definition) is 10. The molecule has 0 amide bonds. The number of anilines is 2. The summed E-state index contributed by atoms with van der Waals surface area (Å²) in [5, 5.41) is 2.99. The van der Waals surface area contributed by atoms with Crippen LogP contribution < -0.4 is 24.3 Å². The van der Waals surface area contributed by atoms with Gasteiger partial charge in [-0.25, -0.2) is 23.7 Å². The maximum absolute atomic E-state index is 14.5. The Balaban J connectivity index is 1.31. The molecule has 1 aromatic carbocycles. The van der Waals surface area contributed by atoms with Crippen LogP contribution in [0.25, 0.3) is 0 Å². The third-order valence-corrected chi connectivity index (χ3v) is 5.15. The van der Waals surface area contributed by atoms with Crippen molar-refractivity contribution in [3.05, 3.63) is 54.0 Å². The van der Waals surface area contributed by atoms with Crippen molar-refractivity contribution in [3.63, 3.8) is 0 Å². The third-order valence-electron chi connectivity index (χ3n) is 5.15. The number of nitrogens with zero attached hydrogens (tertiary/aromatic N) is 3. The topological polar surface area (TPSA) is 106 Å². The summed E-state index contributed by atoms with van der Waals surface area (Å²) in [5.41, 5.74) is 0.294. The van der Waals surface area contributed by atoms with E-state index in [0.29, 0.717) is 24.8 Å². The number of aromatic nitrogens is 3. The normalized spacial score (nSPS) is 16.4. The lowest BCUT2D eigenvalue weighted by Crippen LogP contribution is -2.25. The van der Waals surface area contributed by atoms with Crippen molar-refractivity contribution < 1.29 is 37.2 Å². The summed E-state index contributed by atoms with van der Waals surface area (Å²) in [5.74, 6) is -1.74. The van der Waals surface area contributed by atoms with Crippen molar-refractivity contribution in [1.29, 1.82) is 0 Å². The van der Waals surface area contributed by atoms with Gasteiger partial charge < -0.3 is 33.7 Å². The van der Waals surface area contributed by atoms with Crippen LogP contribution in [0.5, 0.6) is 23.1 Å². The van der Waals surface area contributed by atoms with Crippen LogP contribution in [0, 0.1) is 11.6 Å². The van der Waals surface area contributed by atoms with E-state index in [-0.39, 0.29) is 34.9 Å². The maximum atomic E-state index is 14.5. The van der Waals surface area contributed by atoms with Crippen molar-refractivity contribution in [2.24, 2.45) is 0 Å². The summed E-state index contributed by atoms with van der Waals surface area (Å²) >= 11 is 0. The van der Waals surface area contributed by atoms with E-state index in [2.05, 4.69) is 20.3 Å². The van der Waals surface area contributed by atoms with Gasteiger partial charge in [-0.1, -0.05) is 0 Å². The molecule has 1 N–H and O–H groups in total. The van der Waals surface area contributed by atoms with E-state index in [9.17, 15) is 8.78 Å².